The molecule has 0 amide bonds. The van der Waals surface area contributed by atoms with Crippen LogP contribution in [0.15, 0.2) is 72.9 Å². The number of fused-ring (bicyclic) bond motifs is 1. The molecular formula is C28H30N2O3. The maximum atomic E-state index is 6.20. The quantitative estimate of drug-likeness (QED) is 0.318. The van der Waals surface area contributed by atoms with Gasteiger partial charge in [0.05, 0.1) is 19.7 Å². The van der Waals surface area contributed by atoms with Gasteiger partial charge >= 0.3 is 0 Å². The Balaban J connectivity index is 1.56. The van der Waals surface area contributed by atoms with Crippen LogP contribution in [-0.4, -0.2) is 26.3 Å². The second-order valence-electron chi connectivity index (χ2n) is 8.99. The van der Waals surface area contributed by atoms with Crippen LogP contribution in [0.1, 0.15) is 26.3 Å². The highest BCUT2D eigenvalue weighted by molar-refractivity contribution is 5.88. The number of hydrogen-bond acceptors (Lipinski definition) is 5. The minimum absolute atomic E-state index is 0.141. The minimum atomic E-state index is 0.141. The fourth-order valence-electron chi connectivity index (χ4n) is 3.74. The number of pyridine rings is 1. The third-order valence-electron chi connectivity index (χ3n) is 5.78. The second kappa shape index (κ2) is 9.02. The molecule has 0 N–H and O–H groups in total. The van der Waals surface area contributed by atoms with E-state index >= 15 is 0 Å². The van der Waals surface area contributed by atoms with Crippen molar-refractivity contribution in [2.75, 3.05) is 26.2 Å². The van der Waals surface area contributed by atoms with Gasteiger partial charge in [0, 0.05) is 36.1 Å². The summed E-state index contributed by atoms with van der Waals surface area (Å²) in [5, 5.41) is 0.857. The zero-order valence-electron chi connectivity index (χ0n) is 20.0. The molecule has 4 rings (SSSR count). The standard InChI is InChI=1S/C28H30N2O3/c1-28(2,3)19-7-9-20(10-8-19)30(4)21-11-13-22(14-12-21)33-25-15-16-29-24-18-27(32-6)26(31-5)17-23(24)25/h7-18H,1-6H3. The number of benzene rings is 3. The molecule has 1 heterocycles. The summed E-state index contributed by atoms with van der Waals surface area (Å²) in [6.45, 7) is 6.68. The molecule has 0 radical (unpaired) electrons. The SMILES string of the molecule is COc1cc2nccc(Oc3ccc(N(C)c4ccc(C(C)(C)C)cc4)cc3)c2cc1OC. The van der Waals surface area contributed by atoms with E-state index in [-0.39, 0.29) is 5.41 Å². The number of aromatic nitrogens is 1. The fourth-order valence-corrected chi connectivity index (χ4v) is 3.74. The first-order valence-corrected chi connectivity index (χ1v) is 10.9. The number of hydrogen-bond donors (Lipinski definition) is 0. The molecule has 170 valence electrons. The van der Waals surface area contributed by atoms with Crippen molar-refractivity contribution in [1.82, 2.24) is 4.98 Å². The molecule has 1 aromatic heterocycles. The van der Waals surface area contributed by atoms with Gasteiger partial charge in [0.2, 0.25) is 0 Å². The number of ether oxygens (including phenoxy) is 3. The summed E-state index contributed by atoms with van der Waals surface area (Å²) in [5.41, 5.74) is 4.46. The average Bonchev–Trinajstić information content (AvgIpc) is 2.83. The maximum Gasteiger partial charge on any atom is 0.162 e. The first-order chi connectivity index (χ1) is 15.8. The van der Waals surface area contributed by atoms with E-state index in [1.807, 2.05) is 30.3 Å². The molecule has 0 saturated carbocycles. The van der Waals surface area contributed by atoms with Crippen molar-refractivity contribution in [2.24, 2.45) is 0 Å². The molecule has 3 aromatic carbocycles. The third kappa shape index (κ3) is 4.72. The summed E-state index contributed by atoms with van der Waals surface area (Å²) in [5.74, 6) is 2.73. The highest BCUT2D eigenvalue weighted by Crippen LogP contribution is 2.37. The molecule has 0 aliphatic carbocycles. The van der Waals surface area contributed by atoms with Gasteiger partial charge in [0.25, 0.3) is 0 Å². The van der Waals surface area contributed by atoms with E-state index in [1.165, 1.54) is 5.56 Å². The number of anilines is 2. The molecule has 4 aromatic rings. The Morgan fingerprint density at radius 3 is 1.88 bits per heavy atom. The predicted octanol–water partition coefficient (Wildman–Crippen LogP) is 7.11. The summed E-state index contributed by atoms with van der Waals surface area (Å²) < 4.78 is 17.0. The largest absolute Gasteiger partial charge is 0.493 e. The lowest BCUT2D eigenvalue weighted by molar-refractivity contribution is 0.355. The fraction of sp³-hybridized carbons (Fsp3) is 0.250. The van der Waals surface area contributed by atoms with Gasteiger partial charge in [-0.25, -0.2) is 0 Å². The number of rotatable bonds is 6. The van der Waals surface area contributed by atoms with E-state index in [0.29, 0.717) is 17.2 Å². The van der Waals surface area contributed by atoms with E-state index in [9.17, 15) is 0 Å². The Labute approximate surface area is 195 Å². The Bertz CT molecular complexity index is 1240. The summed E-state index contributed by atoms with van der Waals surface area (Å²) >= 11 is 0. The topological polar surface area (TPSA) is 43.8 Å². The molecule has 5 heteroatoms. The lowest BCUT2D eigenvalue weighted by Gasteiger charge is -2.23. The van der Waals surface area contributed by atoms with E-state index in [2.05, 4.69) is 74.1 Å². The van der Waals surface area contributed by atoms with Crippen LogP contribution in [0.25, 0.3) is 10.9 Å². The van der Waals surface area contributed by atoms with E-state index in [4.69, 9.17) is 14.2 Å². The van der Waals surface area contributed by atoms with Gasteiger partial charge < -0.3 is 19.1 Å². The molecule has 0 unspecified atom stereocenters. The van der Waals surface area contributed by atoms with Gasteiger partial charge in [-0.05, 0) is 59.5 Å². The van der Waals surface area contributed by atoms with Gasteiger partial charge in [-0.1, -0.05) is 32.9 Å². The summed E-state index contributed by atoms with van der Waals surface area (Å²) in [4.78, 5) is 6.60. The van der Waals surface area contributed by atoms with Crippen molar-refractivity contribution in [3.05, 3.63) is 78.5 Å². The molecule has 0 atom stereocenters. The normalized spacial score (nSPS) is 11.3. The first kappa shape index (κ1) is 22.5. The van der Waals surface area contributed by atoms with Crippen LogP contribution in [0.2, 0.25) is 0 Å². The van der Waals surface area contributed by atoms with Gasteiger partial charge in [0.15, 0.2) is 11.5 Å². The molecule has 0 spiro atoms. The van der Waals surface area contributed by atoms with Crippen LogP contribution in [0.4, 0.5) is 11.4 Å². The molecule has 0 saturated heterocycles. The summed E-state index contributed by atoms with van der Waals surface area (Å²) in [6.07, 6.45) is 1.73. The smallest absolute Gasteiger partial charge is 0.162 e. The van der Waals surface area contributed by atoms with Crippen molar-refractivity contribution < 1.29 is 14.2 Å². The van der Waals surface area contributed by atoms with Crippen molar-refractivity contribution in [1.29, 1.82) is 0 Å². The van der Waals surface area contributed by atoms with Crippen LogP contribution in [-0.2, 0) is 5.41 Å². The monoisotopic (exact) mass is 442 g/mol. The third-order valence-corrected chi connectivity index (χ3v) is 5.78. The Hall–Kier alpha value is -3.73. The minimum Gasteiger partial charge on any atom is -0.493 e. The molecule has 0 aliphatic heterocycles. The summed E-state index contributed by atoms with van der Waals surface area (Å²) in [6, 6.07) is 22.4. The zero-order chi connectivity index (χ0) is 23.6. The van der Waals surface area contributed by atoms with Gasteiger partial charge in [0.1, 0.15) is 11.5 Å². The molecule has 33 heavy (non-hydrogen) atoms. The molecule has 0 bridgehead atoms. The van der Waals surface area contributed by atoms with E-state index in [1.54, 1.807) is 20.4 Å². The van der Waals surface area contributed by atoms with E-state index < -0.39 is 0 Å². The molecule has 5 nitrogen and oxygen atoms in total. The highest BCUT2D eigenvalue weighted by Gasteiger charge is 2.14. The Morgan fingerprint density at radius 2 is 1.30 bits per heavy atom. The van der Waals surface area contributed by atoms with Gasteiger partial charge in [-0.2, -0.15) is 0 Å². The van der Waals surface area contributed by atoms with Crippen LogP contribution >= 0.6 is 0 Å². The van der Waals surface area contributed by atoms with Crippen molar-refractivity contribution in [3.8, 4) is 23.0 Å². The highest BCUT2D eigenvalue weighted by atomic mass is 16.5. The molecular weight excluding hydrogens is 412 g/mol. The van der Waals surface area contributed by atoms with Crippen LogP contribution in [0.5, 0.6) is 23.0 Å². The molecule has 0 fully saturated rings. The molecule has 0 aliphatic rings. The van der Waals surface area contributed by atoms with E-state index in [0.717, 1.165) is 28.0 Å². The zero-order valence-corrected chi connectivity index (χ0v) is 20.0. The lowest BCUT2D eigenvalue weighted by Crippen LogP contribution is -2.12. The second-order valence-corrected chi connectivity index (χ2v) is 8.99. The Morgan fingerprint density at radius 1 is 0.727 bits per heavy atom. The van der Waals surface area contributed by atoms with Crippen molar-refractivity contribution in [2.45, 2.75) is 26.2 Å². The van der Waals surface area contributed by atoms with Crippen LogP contribution in [0, 0.1) is 0 Å². The Kier molecular flexibility index (Phi) is 6.14. The van der Waals surface area contributed by atoms with Crippen LogP contribution < -0.4 is 19.1 Å². The predicted molar refractivity (Wildman–Crippen MR) is 135 cm³/mol. The maximum absolute atomic E-state index is 6.20. The van der Waals surface area contributed by atoms with Gasteiger partial charge in [-0.3, -0.25) is 4.98 Å². The van der Waals surface area contributed by atoms with Gasteiger partial charge in [-0.15, -0.1) is 0 Å². The lowest BCUT2D eigenvalue weighted by atomic mass is 9.87. The number of nitrogens with zero attached hydrogens (tertiary/aromatic N) is 2. The van der Waals surface area contributed by atoms with Crippen molar-refractivity contribution >= 4 is 22.3 Å². The number of methoxy groups -OCH3 is 2. The summed E-state index contributed by atoms with van der Waals surface area (Å²) in [7, 11) is 5.30. The van der Waals surface area contributed by atoms with Crippen LogP contribution in [0.3, 0.4) is 0 Å². The first-order valence-electron chi connectivity index (χ1n) is 10.9. The van der Waals surface area contributed by atoms with Crippen molar-refractivity contribution in [3.63, 3.8) is 0 Å². The average molecular weight is 443 g/mol.